The number of nitrogens with zero attached hydrogens (tertiary/aromatic N) is 5. The van der Waals surface area contributed by atoms with E-state index >= 15 is 0 Å². The smallest absolute Gasteiger partial charge is 0.325 e. The van der Waals surface area contributed by atoms with E-state index in [1.807, 2.05) is 95.7 Å². The molecule has 2 fully saturated rings. The highest BCUT2D eigenvalue weighted by atomic mass is 79.9. The fraction of sp³-hybridized carbons (Fsp3) is 0.367. The topological polar surface area (TPSA) is 149 Å². The van der Waals surface area contributed by atoms with Crippen molar-refractivity contribution >= 4 is 61.8 Å². The van der Waals surface area contributed by atoms with Gasteiger partial charge in [-0.1, -0.05) is 70.5 Å². The van der Waals surface area contributed by atoms with Gasteiger partial charge in [-0.25, -0.2) is 9.78 Å². The van der Waals surface area contributed by atoms with Crippen LogP contribution >= 0.6 is 27.3 Å². The van der Waals surface area contributed by atoms with Crippen molar-refractivity contribution in [3.8, 4) is 11.5 Å². The minimum absolute atomic E-state index is 0.0354. The Bertz CT molecular complexity index is 2320. The summed E-state index contributed by atoms with van der Waals surface area (Å²) < 4.78 is 12.9. The van der Waals surface area contributed by atoms with Crippen molar-refractivity contribution in [3.63, 3.8) is 0 Å². The number of carbonyl (C=O) groups excluding carboxylic acids is 4. The summed E-state index contributed by atoms with van der Waals surface area (Å²) >= 11 is 4.79. The van der Waals surface area contributed by atoms with Crippen molar-refractivity contribution in [3.05, 3.63) is 135 Å². The van der Waals surface area contributed by atoms with Crippen molar-refractivity contribution in [1.82, 2.24) is 29.9 Å². The SMILES string of the molecule is CN(CCOc1ccc(CCC(=O)N(C2CC2)C(C(=O)NCc2ccccc2)c2ccc(Br)cc2)cc1)CCOc1ccc(NC(=O)Nc2nc(CC(=O)N3CCN(C)CC3)cs2)cc1. The van der Waals surface area contributed by atoms with E-state index in [0.29, 0.717) is 81.0 Å². The fourth-order valence-electron chi connectivity index (χ4n) is 7.42. The van der Waals surface area contributed by atoms with Gasteiger partial charge >= 0.3 is 6.03 Å². The van der Waals surface area contributed by atoms with Gasteiger partial charge in [0.1, 0.15) is 30.8 Å². The van der Waals surface area contributed by atoms with Gasteiger partial charge in [0.2, 0.25) is 17.7 Å². The summed E-state index contributed by atoms with van der Waals surface area (Å²) in [7, 11) is 4.06. The summed E-state index contributed by atoms with van der Waals surface area (Å²) in [6.45, 7) is 5.90. The van der Waals surface area contributed by atoms with Crippen molar-refractivity contribution in [2.24, 2.45) is 0 Å². The van der Waals surface area contributed by atoms with E-state index in [0.717, 1.165) is 52.8 Å². The van der Waals surface area contributed by atoms with Gasteiger partial charge in [0, 0.05) is 73.8 Å². The third-order valence-electron chi connectivity index (χ3n) is 11.4. The van der Waals surface area contributed by atoms with Crippen LogP contribution in [0.3, 0.4) is 0 Å². The molecule has 0 bridgehead atoms. The molecule has 1 unspecified atom stereocenters. The Kier molecular flexibility index (Phi) is 17.0. The molecule has 65 heavy (non-hydrogen) atoms. The highest BCUT2D eigenvalue weighted by Crippen LogP contribution is 2.36. The minimum atomic E-state index is -0.716. The van der Waals surface area contributed by atoms with Crippen LogP contribution in [-0.2, 0) is 33.8 Å². The Morgan fingerprint density at radius 3 is 2.11 bits per heavy atom. The second-order valence-electron chi connectivity index (χ2n) is 16.4. The maximum absolute atomic E-state index is 13.9. The Labute approximate surface area is 393 Å². The average Bonchev–Trinajstić information content (AvgIpc) is 4.06. The van der Waals surface area contributed by atoms with Crippen LogP contribution in [0.4, 0.5) is 15.6 Å². The minimum Gasteiger partial charge on any atom is -0.492 e. The van der Waals surface area contributed by atoms with Crippen LogP contribution in [0.2, 0.25) is 0 Å². The largest absolute Gasteiger partial charge is 0.492 e. The van der Waals surface area contributed by atoms with E-state index in [4.69, 9.17) is 9.47 Å². The zero-order valence-electron chi connectivity index (χ0n) is 36.9. The van der Waals surface area contributed by atoms with Crippen molar-refractivity contribution in [2.75, 3.05) is 77.2 Å². The third-order valence-corrected chi connectivity index (χ3v) is 12.7. The number of hydrogen-bond donors (Lipinski definition) is 3. The van der Waals surface area contributed by atoms with E-state index in [1.54, 1.807) is 29.6 Å². The van der Waals surface area contributed by atoms with Gasteiger partial charge in [-0.2, -0.15) is 0 Å². The van der Waals surface area contributed by atoms with Crippen LogP contribution < -0.4 is 25.4 Å². The van der Waals surface area contributed by atoms with Gasteiger partial charge in [0.05, 0.1) is 12.1 Å². The van der Waals surface area contributed by atoms with Gasteiger partial charge < -0.3 is 34.8 Å². The first-order valence-electron chi connectivity index (χ1n) is 22.1. The summed E-state index contributed by atoms with van der Waals surface area (Å²) in [6, 6.07) is 31.3. The van der Waals surface area contributed by atoms with Crippen LogP contribution in [0, 0.1) is 0 Å². The molecule has 4 aromatic carbocycles. The molecule has 3 N–H and O–H groups in total. The van der Waals surface area contributed by atoms with Crippen molar-refractivity contribution in [2.45, 2.75) is 50.7 Å². The number of carbonyl (C=O) groups is 4. The van der Waals surface area contributed by atoms with E-state index in [1.165, 1.54) is 11.3 Å². The van der Waals surface area contributed by atoms with Crippen LogP contribution in [0.25, 0.3) is 0 Å². The summed E-state index contributed by atoms with van der Waals surface area (Å²) in [6.07, 6.45) is 2.83. The molecule has 1 saturated heterocycles. The molecular formula is C49H57BrN8O6S. The number of rotatable bonds is 21. The molecule has 16 heteroatoms. The Hall–Kier alpha value is -5.81. The van der Waals surface area contributed by atoms with E-state index in [2.05, 4.69) is 53.7 Å². The highest BCUT2D eigenvalue weighted by Gasteiger charge is 2.41. The first-order valence-corrected chi connectivity index (χ1v) is 23.7. The molecule has 7 rings (SSSR count). The quantitative estimate of drug-likeness (QED) is 0.0693. The number of amides is 5. The molecule has 1 aliphatic heterocycles. The Morgan fingerprint density at radius 1 is 0.815 bits per heavy atom. The molecule has 342 valence electrons. The number of halogens is 1. The molecule has 2 heterocycles. The standard InChI is InChI=1S/C49H57BrN8O6S/c1-55-24-26-57(27-25-55)45(60)32-40-34-65-49(53-40)54-48(62)52-39-15-21-43(22-16-39)64-31-29-56(2)28-30-63-42-19-8-35(9-20-42)10-23-44(59)58(41-17-18-41)46(37-11-13-38(50)14-12-37)47(61)51-33-36-6-4-3-5-7-36/h3-9,11-16,19-22,34,41,46H,10,17-18,23-33H2,1-2H3,(H,51,61)(H2,52,53,54,62). The lowest BCUT2D eigenvalue weighted by molar-refractivity contribution is -0.141. The summed E-state index contributed by atoms with van der Waals surface area (Å²) in [5.41, 5.74) is 4.06. The number of hydrogen-bond acceptors (Lipinski definition) is 10. The second kappa shape index (κ2) is 23.4. The van der Waals surface area contributed by atoms with Gasteiger partial charge in [0.25, 0.3) is 0 Å². The normalized spacial score (nSPS) is 14.4. The molecule has 1 aliphatic carbocycles. The molecule has 1 aromatic heterocycles. The molecule has 14 nitrogen and oxygen atoms in total. The molecular weight excluding hydrogens is 909 g/mol. The Balaban J connectivity index is 0.788. The number of thiazole rings is 1. The molecule has 1 atom stereocenters. The number of likely N-dealkylation sites (N-methyl/N-ethyl adjacent to an activating group) is 2. The van der Waals surface area contributed by atoms with E-state index < -0.39 is 12.1 Å². The maximum Gasteiger partial charge on any atom is 0.325 e. The van der Waals surface area contributed by atoms with Crippen LogP contribution in [0.5, 0.6) is 11.5 Å². The molecule has 0 spiro atoms. The number of anilines is 2. The molecule has 2 aliphatic rings. The number of piperazine rings is 1. The summed E-state index contributed by atoms with van der Waals surface area (Å²) in [5, 5.41) is 10.9. The lowest BCUT2D eigenvalue weighted by Crippen LogP contribution is -2.47. The number of nitrogens with one attached hydrogen (secondary N) is 3. The van der Waals surface area contributed by atoms with Gasteiger partial charge in [-0.15, -0.1) is 11.3 Å². The van der Waals surface area contributed by atoms with Crippen molar-refractivity contribution < 1.29 is 28.7 Å². The van der Waals surface area contributed by atoms with Gasteiger partial charge in [-0.05, 0) is 98.6 Å². The summed E-state index contributed by atoms with van der Waals surface area (Å²) in [4.78, 5) is 65.4. The monoisotopic (exact) mass is 964 g/mol. The maximum atomic E-state index is 13.9. The first-order chi connectivity index (χ1) is 31.6. The number of benzene rings is 4. The first kappa shape index (κ1) is 47.2. The Morgan fingerprint density at radius 2 is 1.46 bits per heavy atom. The van der Waals surface area contributed by atoms with Crippen LogP contribution in [0.1, 0.15) is 47.7 Å². The predicted molar refractivity (Wildman–Crippen MR) is 257 cm³/mol. The lowest BCUT2D eigenvalue weighted by atomic mass is 10.0. The molecule has 0 radical (unpaired) electrons. The second-order valence-corrected chi connectivity index (χ2v) is 18.2. The van der Waals surface area contributed by atoms with Crippen LogP contribution in [-0.4, -0.2) is 121 Å². The number of aromatic nitrogens is 1. The highest BCUT2D eigenvalue weighted by molar-refractivity contribution is 9.10. The zero-order chi connectivity index (χ0) is 45.5. The molecule has 5 aromatic rings. The fourth-order valence-corrected chi connectivity index (χ4v) is 8.39. The number of ether oxygens (including phenoxy) is 2. The van der Waals surface area contributed by atoms with Gasteiger partial charge in [-0.3, -0.25) is 24.6 Å². The summed E-state index contributed by atoms with van der Waals surface area (Å²) in [5.74, 6) is 1.27. The van der Waals surface area contributed by atoms with Gasteiger partial charge in [0.15, 0.2) is 5.13 Å². The van der Waals surface area contributed by atoms with E-state index in [-0.39, 0.29) is 30.2 Å². The van der Waals surface area contributed by atoms with Crippen molar-refractivity contribution in [1.29, 1.82) is 0 Å². The number of urea groups is 1. The zero-order valence-corrected chi connectivity index (χ0v) is 39.3. The van der Waals surface area contributed by atoms with E-state index in [9.17, 15) is 19.2 Å². The van der Waals surface area contributed by atoms with Crippen LogP contribution in [0.15, 0.2) is 113 Å². The lowest BCUT2D eigenvalue weighted by Gasteiger charge is -2.32. The molecule has 5 amide bonds. The third kappa shape index (κ3) is 14.6. The molecule has 1 saturated carbocycles. The predicted octanol–water partition coefficient (Wildman–Crippen LogP) is 7.24. The number of aryl methyl sites for hydroxylation is 1. The average molecular weight is 966 g/mol.